The summed E-state index contributed by atoms with van der Waals surface area (Å²) in [4.78, 5) is 8.43. The molecule has 96 valence electrons. The van der Waals surface area contributed by atoms with Crippen molar-refractivity contribution in [2.24, 2.45) is 0 Å². The summed E-state index contributed by atoms with van der Waals surface area (Å²) in [7, 11) is 0. The van der Waals surface area contributed by atoms with Crippen LogP contribution in [0, 0.1) is 0 Å². The molecule has 0 N–H and O–H groups in total. The summed E-state index contributed by atoms with van der Waals surface area (Å²) >= 11 is 13.4. The smallest absolute Gasteiger partial charge is 0.220 e. The van der Waals surface area contributed by atoms with Gasteiger partial charge in [0.05, 0.1) is 10.0 Å². The molecule has 1 aromatic carbocycles. The van der Waals surface area contributed by atoms with Gasteiger partial charge in [0, 0.05) is 18.1 Å². The normalized spacial score (nSPS) is 11.1. The van der Waals surface area contributed by atoms with E-state index in [1.807, 2.05) is 24.4 Å². The first-order valence-corrected chi connectivity index (χ1v) is 7.20. The highest BCUT2D eigenvalue weighted by atomic mass is 35.5. The Kier molecular flexibility index (Phi) is 3.59. The molecule has 0 aliphatic carbocycles. The Morgan fingerprint density at radius 3 is 2.89 bits per heavy atom. The van der Waals surface area contributed by atoms with Gasteiger partial charge in [-0.05, 0) is 23.8 Å². The SMILES string of the molecule is Clc1ccc(CSc2nc3ncccn3n2)cc1Cl. The second-order valence-corrected chi connectivity index (χ2v) is 5.55. The minimum Gasteiger partial charge on any atom is -0.220 e. The molecule has 2 aromatic heterocycles. The van der Waals surface area contributed by atoms with E-state index in [0.717, 1.165) is 11.3 Å². The largest absolute Gasteiger partial charge is 0.253 e. The van der Waals surface area contributed by atoms with Crippen LogP contribution in [0.1, 0.15) is 5.56 Å². The second-order valence-electron chi connectivity index (χ2n) is 3.80. The van der Waals surface area contributed by atoms with E-state index in [9.17, 15) is 0 Å². The molecule has 0 saturated heterocycles. The summed E-state index contributed by atoms with van der Waals surface area (Å²) in [5.41, 5.74) is 1.08. The molecule has 0 fully saturated rings. The third-order valence-corrected chi connectivity index (χ3v) is 4.10. The van der Waals surface area contributed by atoms with Crippen LogP contribution < -0.4 is 0 Å². The number of rotatable bonds is 3. The van der Waals surface area contributed by atoms with Crippen LogP contribution in [0.25, 0.3) is 5.78 Å². The van der Waals surface area contributed by atoms with Gasteiger partial charge in [-0.25, -0.2) is 9.50 Å². The van der Waals surface area contributed by atoms with Crippen LogP contribution in [-0.2, 0) is 5.75 Å². The molecular weight excluding hydrogens is 303 g/mol. The average molecular weight is 311 g/mol. The molecule has 4 nitrogen and oxygen atoms in total. The first-order valence-electron chi connectivity index (χ1n) is 5.46. The molecule has 2 heterocycles. The molecule has 0 bridgehead atoms. The maximum Gasteiger partial charge on any atom is 0.253 e. The van der Waals surface area contributed by atoms with Crippen molar-refractivity contribution in [2.45, 2.75) is 10.9 Å². The zero-order chi connectivity index (χ0) is 13.2. The van der Waals surface area contributed by atoms with Crippen molar-refractivity contribution >= 4 is 40.7 Å². The summed E-state index contributed by atoms with van der Waals surface area (Å²) in [6.45, 7) is 0. The summed E-state index contributed by atoms with van der Waals surface area (Å²) < 4.78 is 1.65. The molecule has 0 amide bonds. The zero-order valence-corrected chi connectivity index (χ0v) is 12.0. The molecule has 0 atom stereocenters. The maximum atomic E-state index is 5.97. The fourth-order valence-electron chi connectivity index (χ4n) is 1.55. The van der Waals surface area contributed by atoms with Crippen molar-refractivity contribution in [3.8, 4) is 0 Å². The number of aromatic nitrogens is 4. The monoisotopic (exact) mass is 310 g/mol. The molecule has 7 heteroatoms. The third kappa shape index (κ3) is 2.83. The van der Waals surface area contributed by atoms with Crippen LogP contribution in [0.5, 0.6) is 0 Å². The number of thioether (sulfide) groups is 1. The topological polar surface area (TPSA) is 43.1 Å². The highest BCUT2D eigenvalue weighted by molar-refractivity contribution is 7.98. The van der Waals surface area contributed by atoms with E-state index in [2.05, 4.69) is 15.1 Å². The lowest BCUT2D eigenvalue weighted by Crippen LogP contribution is -1.87. The molecular formula is C12H8Cl2N4S. The van der Waals surface area contributed by atoms with E-state index in [1.54, 1.807) is 16.8 Å². The van der Waals surface area contributed by atoms with Gasteiger partial charge in [-0.1, -0.05) is 41.0 Å². The van der Waals surface area contributed by atoms with E-state index in [4.69, 9.17) is 23.2 Å². The minimum atomic E-state index is 0.560. The van der Waals surface area contributed by atoms with Gasteiger partial charge in [-0.2, -0.15) is 4.98 Å². The van der Waals surface area contributed by atoms with Crippen molar-refractivity contribution in [1.29, 1.82) is 0 Å². The van der Waals surface area contributed by atoms with E-state index in [1.165, 1.54) is 11.8 Å². The van der Waals surface area contributed by atoms with Crippen LogP contribution >= 0.6 is 35.0 Å². The summed E-state index contributed by atoms with van der Waals surface area (Å²) in [5.74, 6) is 1.33. The molecule has 3 aromatic rings. The van der Waals surface area contributed by atoms with Crippen LogP contribution in [0.2, 0.25) is 10.0 Å². The Hall–Kier alpha value is -1.30. The lowest BCUT2D eigenvalue weighted by atomic mass is 10.2. The van der Waals surface area contributed by atoms with Crippen molar-refractivity contribution in [2.75, 3.05) is 0 Å². The van der Waals surface area contributed by atoms with E-state index in [0.29, 0.717) is 21.0 Å². The number of nitrogens with zero attached hydrogens (tertiary/aromatic N) is 4. The Labute approximate surface area is 123 Å². The van der Waals surface area contributed by atoms with Gasteiger partial charge in [-0.3, -0.25) is 0 Å². The lowest BCUT2D eigenvalue weighted by molar-refractivity contribution is 0.879. The first-order chi connectivity index (χ1) is 9.22. The van der Waals surface area contributed by atoms with Crippen LogP contribution in [0.3, 0.4) is 0 Å². The summed E-state index contributed by atoms with van der Waals surface area (Å²) in [5, 5.41) is 6.12. The lowest BCUT2D eigenvalue weighted by Gasteiger charge is -2.00. The van der Waals surface area contributed by atoms with Gasteiger partial charge < -0.3 is 0 Å². The number of halogens is 2. The summed E-state index contributed by atoms with van der Waals surface area (Å²) in [6, 6.07) is 7.40. The van der Waals surface area contributed by atoms with Gasteiger partial charge in [0.1, 0.15) is 0 Å². The van der Waals surface area contributed by atoms with Crippen LogP contribution in [-0.4, -0.2) is 19.6 Å². The number of benzene rings is 1. The maximum absolute atomic E-state index is 5.97. The fourth-order valence-corrected chi connectivity index (χ4v) is 2.64. The number of hydrogen-bond donors (Lipinski definition) is 0. The first kappa shape index (κ1) is 12.7. The Morgan fingerprint density at radius 1 is 1.21 bits per heavy atom. The molecule has 0 aliphatic heterocycles. The van der Waals surface area contributed by atoms with E-state index in [-0.39, 0.29) is 0 Å². The van der Waals surface area contributed by atoms with E-state index < -0.39 is 0 Å². The predicted molar refractivity (Wildman–Crippen MR) is 76.8 cm³/mol. The van der Waals surface area contributed by atoms with Gasteiger partial charge in [0.15, 0.2) is 0 Å². The predicted octanol–water partition coefficient (Wildman–Crippen LogP) is 3.72. The molecule has 0 radical (unpaired) electrons. The minimum absolute atomic E-state index is 0.560. The molecule has 3 rings (SSSR count). The third-order valence-electron chi connectivity index (χ3n) is 2.45. The Balaban J connectivity index is 1.76. The van der Waals surface area contributed by atoms with Crippen molar-refractivity contribution < 1.29 is 0 Å². The number of fused-ring (bicyclic) bond motifs is 1. The molecule has 19 heavy (non-hydrogen) atoms. The number of hydrogen-bond acceptors (Lipinski definition) is 4. The van der Waals surface area contributed by atoms with Gasteiger partial charge in [-0.15, -0.1) is 5.10 Å². The van der Waals surface area contributed by atoms with Crippen LogP contribution in [0.15, 0.2) is 41.8 Å². The fraction of sp³-hybridized carbons (Fsp3) is 0.0833. The van der Waals surface area contributed by atoms with Gasteiger partial charge in [0.25, 0.3) is 5.78 Å². The molecule has 0 saturated carbocycles. The van der Waals surface area contributed by atoms with Gasteiger partial charge >= 0.3 is 0 Å². The second kappa shape index (κ2) is 5.36. The average Bonchev–Trinajstić information content (AvgIpc) is 2.83. The van der Waals surface area contributed by atoms with Crippen LogP contribution in [0.4, 0.5) is 0 Å². The Morgan fingerprint density at radius 2 is 2.11 bits per heavy atom. The van der Waals surface area contributed by atoms with Crippen molar-refractivity contribution in [3.05, 3.63) is 52.3 Å². The van der Waals surface area contributed by atoms with Crippen molar-refractivity contribution in [3.63, 3.8) is 0 Å². The quantitative estimate of drug-likeness (QED) is 0.691. The zero-order valence-electron chi connectivity index (χ0n) is 9.62. The molecule has 0 aliphatic rings. The highest BCUT2D eigenvalue weighted by Crippen LogP contribution is 2.26. The molecule has 0 unspecified atom stereocenters. The standard InChI is InChI=1S/C12H8Cl2N4S/c13-9-3-2-8(6-10(9)14)7-19-12-16-11-15-4-1-5-18(11)17-12/h1-6H,7H2. The van der Waals surface area contributed by atoms with Gasteiger partial charge in [0.2, 0.25) is 5.16 Å². The Bertz CT molecular complexity index is 696. The van der Waals surface area contributed by atoms with E-state index >= 15 is 0 Å². The molecule has 0 spiro atoms. The highest BCUT2D eigenvalue weighted by Gasteiger charge is 2.06. The van der Waals surface area contributed by atoms with Crippen molar-refractivity contribution in [1.82, 2.24) is 19.6 Å². The summed E-state index contributed by atoms with van der Waals surface area (Å²) in [6.07, 6.45) is 3.51.